The Balaban J connectivity index is 1.48. The van der Waals surface area contributed by atoms with E-state index >= 15 is 0 Å². The lowest BCUT2D eigenvalue weighted by atomic mass is 10.1. The maximum atomic E-state index is 12.4. The highest BCUT2D eigenvalue weighted by atomic mass is 32.2. The number of fused-ring (bicyclic) bond motifs is 1. The Morgan fingerprint density at radius 1 is 1.24 bits per heavy atom. The highest BCUT2D eigenvalue weighted by molar-refractivity contribution is 7.97. The summed E-state index contributed by atoms with van der Waals surface area (Å²) in [5, 5.41) is 25.2. The lowest BCUT2D eigenvalue weighted by Gasteiger charge is -2.37. The molecular weight excluding hydrogens is 456 g/mol. The number of piperazine rings is 1. The van der Waals surface area contributed by atoms with Gasteiger partial charge in [0.15, 0.2) is 0 Å². The van der Waals surface area contributed by atoms with Crippen LogP contribution in [-0.2, 0) is 4.79 Å². The molecule has 1 aromatic carbocycles. The van der Waals surface area contributed by atoms with Crippen molar-refractivity contribution in [2.75, 3.05) is 31.1 Å². The maximum Gasteiger partial charge on any atom is 0.233 e. The van der Waals surface area contributed by atoms with Crippen LogP contribution in [0.3, 0.4) is 0 Å². The Kier molecular flexibility index (Phi) is 5.76. The first-order chi connectivity index (χ1) is 15.9. The van der Waals surface area contributed by atoms with Crippen molar-refractivity contribution >= 4 is 45.8 Å². The SMILES string of the molecule is Cc1nnc(-n2ncc3c(N4CCN(C(=O)C(C)C)CC4)cc(SNC4(C#N)CC4)cc32)s1. The van der Waals surface area contributed by atoms with Gasteiger partial charge in [-0.15, -0.1) is 10.2 Å². The first-order valence-electron chi connectivity index (χ1n) is 11.1. The third-order valence-electron chi connectivity index (χ3n) is 6.09. The predicted octanol–water partition coefficient (Wildman–Crippen LogP) is 3.14. The molecule has 1 saturated carbocycles. The monoisotopic (exact) mass is 482 g/mol. The Morgan fingerprint density at radius 2 is 2.00 bits per heavy atom. The van der Waals surface area contributed by atoms with Crippen molar-refractivity contribution in [1.82, 2.24) is 29.6 Å². The van der Waals surface area contributed by atoms with E-state index in [4.69, 9.17) is 0 Å². The normalized spacial score (nSPS) is 17.5. The van der Waals surface area contributed by atoms with Gasteiger partial charge in [-0.2, -0.15) is 10.4 Å². The molecule has 5 rings (SSSR count). The van der Waals surface area contributed by atoms with E-state index in [-0.39, 0.29) is 11.8 Å². The molecule has 9 nitrogen and oxygen atoms in total. The molecule has 3 aromatic rings. The second kappa shape index (κ2) is 8.59. The first-order valence-corrected chi connectivity index (χ1v) is 12.7. The van der Waals surface area contributed by atoms with Gasteiger partial charge in [0.05, 0.1) is 17.8 Å². The van der Waals surface area contributed by atoms with E-state index in [1.165, 1.54) is 23.3 Å². The van der Waals surface area contributed by atoms with Gasteiger partial charge in [-0.25, -0.2) is 9.40 Å². The standard InChI is InChI=1S/C22H26N8OS2/c1-14(2)20(31)29-8-6-28(7-9-29)18-10-16(33-27-22(13-23)4-5-22)11-19-17(18)12-24-30(19)21-26-25-15(3)32-21/h10-12,14,27H,4-9H2,1-3H3. The summed E-state index contributed by atoms with van der Waals surface area (Å²) in [7, 11) is 0. The van der Waals surface area contributed by atoms with Crippen molar-refractivity contribution in [1.29, 1.82) is 5.26 Å². The summed E-state index contributed by atoms with van der Waals surface area (Å²) in [6.07, 6.45) is 3.63. The average molecular weight is 483 g/mol. The molecule has 1 aliphatic heterocycles. The number of aromatic nitrogens is 4. The molecule has 0 atom stereocenters. The number of benzene rings is 1. The van der Waals surface area contributed by atoms with Gasteiger partial charge < -0.3 is 9.80 Å². The van der Waals surface area contributed by atoms with Gasteiger partial charge in [-0.05, 0) is 43.8 Å². The van der Waals surface area contributed by atoms with E-state index in [2.05, 4.69) is 43.1 Å². The minimum atomic E-state index is -0.417. The van der Waals surface area contributed by atoms with Gasteiger partial charge in [0.25, 0.3) is 0 Å². The number of rotatable bonds is 6. The van der Waals surface area contributed by atoms with E-state index in [1.54, 1.807) is 0 Å². The van der Waals surface area contributed by atoms with E-state index in [0.29, 0.717) is 13.1 Å². The third kappa shape index (κ3) is 4.30. The fraction of sp³-hybridized carbons (Fsp3) is 0.500. The highest BCUT2D eigenvalue weighted by Crippen LogP contribution is 2.39. The molecular formula is C22H26N8OS2. The lowest BCUT2D eigenvalue weighted by Crippen LogP contribution is -2.50. The van der Waals surface area contributed by atoms with Crippen molar-refractivity contribution in [2.24, 2.45) is 5.92 Å². The molecule has 0 unspecified atom stereocenters. The Hall–Kier alpha value is -2.68. The fourth-order valence-electron chi connectivity index (χ4n) is 3.98. The number of nitrogens with zero attached hydrogens (tertiary/aromatic N) is 7. The molecule has 1 N–H and O–H groups in total. The minimum absolute atomic E-state index is 0.0116. The molecule has 2 aromatic heterocycles. The van der Waals surface area contributed by atoms with Crippen molar-refractivity contribution in [2.45, 2.75) is 44.0 Å². The molecule has 1 amide bonds. The van der Waals surface area contributed by atoms with E-state index < -0.39 is 5.54 Å². The molecule has 33 heavy (non-hydrogen) atoms. The molecule has 0 radical (unpaired) electrons. The van der Waals surface area contributed by atoms with Crippen molar-refractivity contribution in [3.8, 4) is 11.2 Å². The van der Waals surface area contributed by atoms with Gasteiger partial charge in [-0.1, -0.05) is 25.2 Å². The number of carbonyl (C=O) groups is 1. The summed E-state index contributed by atoms with van der Waals surface area (Å²) in [6.45, 7) is 8.76. The van der Waals surface area contributed by atoms with Crippen LogP contribution in [0.1, 0.15) is 31.7 Å². The average Bonchev–Trinajstić information content (AvgIpc) is 3.29. The highest BCUT2D eigenvalue weighted by Gasteiger charge is 2.43. The maximum absolute atomic E-state index is 12.4. The molecule has 1 saturated heterocycles. The number of hydrogen-bond donors (Lipinski definition) is 1. The lowest BCUT2D eigenvalue weighted by molar-refractivity contribution is -0.134. The van der Waals surface area contributed by atoms with Crippen LogP contribution in [-0.4, -0.2) is 62.5 Å². The van der Waals surface area contributed by atoms with Crippen molar-refractivity contribution < 1.29 is 4.79 Å². The number of nitriles is 1. The summed E-state index contributed by atoms with van der Waals surface area (Å²) in [5.74, 6) is 0.219. The summed E-state index contributed by atoms with van der Waals surface area (Å²) >= 11 is 2.99. The van der Waals surface area contributed by atoms with Crippen LogP contribution in [0, 0.1) is 24.2 Å². The molecule has 2 aliphatic rings. The zero-order valence-electron chi connectivity index (χ0n) is 18.9. The molecule has 3 heterocycles. The third-order valence-corrected chi connectivity index (χ3v) is 7.87. The largest absolute Gasteiger partial charge is 0.367 e. The summed E-state index contributed by atoms with van der Waals surface area (Å²) in [5.41, 5.74) is 1.62. The minimum Gasteiger partial charge on any atom is -0.367 e. The number of amides is 1. The van der Waals surface area contributed by atoms with Crippen LogP contribution in [0.25, 0.3) is 16.0 Å². The van der Waals surface area contributed by atoms with Crippen LogP contribution in [0.2, 0.25) is 0 Å². The van der Waals surface area contributed by atoms with Gasteiger partial charge >= 0.3 is 0 Å². The molecule has 0 bridgehead atoms. The smallest absolute Gasteiger partial charge is 0.233 e. The fourth-order valence-corrected chi connectivity index (χ4v) is 5.54. The topological polar surface area (TPSA) is 103 Å². The molecule has 2 fully saturated rings. The number of carbonyl (C=O) groups excluding carboxylic acids is 1. The van der Waals surface area contributed by atoms with E-state index in [0.717, 1.165) is 57.6 Å². The van der Waals surface area contributed by atoms with E-state index in [1.807, 2.05) is 36.5 Å². The zero-order valence-corrected chi connectivity index (χ0v) is 20.5. The second-order valence-corrected chi connectivity index (χ2v) is 10.9. The summed E-state index contributed by atoms with van der Waals surface area (Å²) < 4.78 is 5.19. The van der Waals surface area contributed by atoms with Crippen LogP contribution in [0.4, 0.5) is 5.69 Å². The van der Waals surface area contributed by atoms with Crippen LogP contribution in [0.5, 0.6) is 0 Å². The number of aryl methyl sites for hydroxylation is 1. The van der Waals surface area contributed by atoms with Gasteiger partial charge in [0.2, 0.25) is 11.0 Å². The molecule has 0 spiro atoms. The first kappa shape index (κ1) is 22.1. The van der Waals surface area contributed by atoms with Crippen molar-refractivity contribution in [3.63, 3.8) is 0 Å². The second-order valence-electron chi connectivity index (χ2n) is 8.90. The molecule has 11 heteroatoms. The van der Waals surface area contributed by atoms with Gasteiger partial charge in [-0.3, -0.25) is 4.79 Å². The molecule has 172 valence electrons. The number of anilines is 1. The summed E-state index contributed by atoms with van der Waals surface area (Å²) in [6, 6.07) is 6.63. The molecule has 1 aliphatic carbocycles. The number of hydrogen-bond acceptors (Lipinski definition) is 9. The Labute approximate surface area is 200 Å². The summed E-state index contributed by atoms with van der Waals surface area (Å²) in [4.78, 5) is 17.7. The van der Waals surface area contributed by atoms with Crippen LogP contribution < -0.4 is 9.62 Å². The number of nitrogens with one attached hydrogen (secondary N) is 1. The van der Waals surface area contributed by atoms with Crippen LogP contribution >= 0.6 is 23.3 Å². The van der Waals surface area contributed by atoms with Gasteiger partial charge in [0, 0.05) is 48.1 Å². The Bertz CT molecular complexity index is 1230. The quantitative estimate of drug-likeness (QED) is 0.535. The van der Waals surface area contributed by atoms with Gasteiger partial charge in [0.1, 0.15) is 10.5 Å². The Morgan fingerprint density at radius 3 is 2.61 bits per heavy atom. The van der Waals surface area contributed by atoms with Crippen molar-refractivity contribution in [3.05, 3.63) is 23.3 Å². The van der Waals surface area contributed by atoms with E-state index in [9.17, 15) is 10.1 Å². The predicted molar refractivity (Wildman–Crippen MR) is 129 cm³/mol. The van der Waals surface area contributed by atoms with Crippen LogP contribution in [0.15, 0.2) is 23.2 Å². The zero-order chi connectivity index (χ0) is 23.2.